The first-order valence-corrected chi connectivity index (χ1v) is 9.70. The Labute approximate surface area is 146 Å². The van der Waals surface area contributed by atoms with Crippen molar-refractivity contribution in [2.45, 2.75) is 39.2 Å². The summed E-state index contributed by atoms with van der Waals surface area (Å²) in [5.74, 6) is 1.80. The van der Waals surface area contributed by atoms with Crippen LogP contribution in [0.15, 0.2) is 29.3 Å². The maximum Gasteiger partial charge on any atom is 0.159 e. The minimum Gasteiger partial charge on any atom is -0.347 e. The molecule has 0 atom stereocenters. The second-order valence-corrected chi connectivity index (χ2v) is 7.90. The highest BCUT2D eigenvalue weighted by atomic mass is 32.2. The molecule has 0 N–H and O–H groups in total. The molecular formula is C19H31N3S. The average molecular weight is 334 g/mol. The Bertz CT molecular complexity index is 494. The fraction of sp³-hybridized carbons (Fsp3) is 0.632. The first kappa shape index (κ1) is 18.3. The zero-order valence-electron chi connectivity index (χ0n) is 15.1. The van der Waals surface area contributed by atoms with Gasteiger partial charge >= 0.3 is 0 Å². The van der Waals surface area contributed by atoms with Gasteiger partial charge < -0.3 is 9.80 Å². The molecule has 0 bridgehead atoms. The number of benzene rings is 1. The highest BCUT2D eigenvalue weighted by Gasteiger charge is 2.15. The first-order valence-electron chi connectivity index (χ1n) is 8.72. The smallest absolute Gasteiger partial charge is 0.159 e. The summed E-state index contributed by atoms with van der Waals surface area (Å²) in [6.07, 6.45) is 2.39. The molecule has 0 spiro atoms. The number of aliphatic imine (C=N–C) groups is 1. The molecule has 1 aromatic carbocycles. The molecule has 2 rings (SSSR count). The molecule has 0 unspecified atom stereocenters. The van der Waals surface area contributed by atoms with E-state index in [1.807, 2.05) is 11.8 Å². The van der Waals surface area contributed by atoms with Crippen molar-refractivity contribution in [2.75, 3.05) is 39.5 Å². The number of rotatable bonds is 7. The van der Waals surface area contributed by atoms with Crippen molar-refractivity contribution < 1.29 is 0 Å². The van der Waals surface area contributed by atoms with E-state index in [2.05, 4.69) is 62.0 Å². The van der Waals surface area contributed by atoms with E-state index in [-0.39, 0.29) is 0 Å². The molecule has 128 valence electrons. The lowest BCUT2D eigenvalue weighted by atomic mass is 10.0. The van der Waals surface area contributed by atoms with E-state index in [4.69, 9.17) is 4.99 Å². The summed E-state index contributed by atoms with van der Waals surface area (Å²) in [6.45, 7) is 8.65. The molecular weight excluding hydrogens is 302 g/mol. The van der Waals surface area contributed by atoms with Crippen molar-refractivity contribution in [1.82, 2.24) is 9.80 Å². The largest absolute Gasteiger partial charge is 0.347 e. The quantitative estimate of drug-likeness (QED) is 0.750. The van der Waals surface area contributed by atoms with Crippen LogP contribution in [0, 0.1) is 0 Å². The summed E-state index contributed by atoms with van der Waals surface area (Å²) in [5, 5.41) is 1.24. The maximum absolute atomic E-state index is 4.76. The van der Waals surface area contributed by atoms with E-state index < -0.39 is 0 Å². The summed E-state index contributed by atoms with van der Waals surface area (Å²) in [4.78, 5) is 9.49. The molecule has 0 radical (unpaired) electrons. The zero-order valence-corrected chi connectivity index (χ0v) is 15.9. The Morgan fingerprint density at radius 1 is 1.13 bits per heavy atom. The van der Waals surface area contributed by atoms with Gasteiger partial charge in [0, 0.05) is 25.4 Å². The molecule has 0 fully saturated rings. The van der Waals surface area contributed by atoms with Gasteiger partial charge in [-0.15, -0.1) is 0 Å². The van der Waals surface area contributed by atoms with Gasteiger partial charge in [0.15, 0.2) is 5.17 Å². The zero-order chi connectivity index (χ0) is 16.7. The second kappa shape index (κ2) is 9.33. The topological polar surface area (TPSA) is 18.8 Å². The minimum atomic E-state index is 0.596. The minimum absolute atomic E-state index is 0.596. The van der Waals surface area contributed by atoms with Crippen molar-refractivity contribution in [2.24, 2.45) is 4.99 Å². The molecule has 1 aliphatic rings. The van der Waals surface area contributed by atoms with Crippen molar-refractivity contribution in [3.05, 3.63) is 35.4 Å². The summed E-state index contributed by atoms with van der Waals surface area (Å²) in [5.41, 5.74) is 2.80. The Morgan fingerprint density at radius 3 is 2.43 bits per heavy atom. The lowest BCUT2D eigenvalue weighted by Crippen LogP contribution is -2.32. The average Bonchev–Trinajstić information content (AvgIpc) is 2.55. The van der Waals surface area contributed by atoms with Gasteiger partial charge in [0.05, 0.1) is 0 Å². The molecule has 0 amide bonds. The third kappa shape index (κ3) is 6.19. The van der Waals surface area contributed by atoms with Crippen molar-refractivity contribution in [3.63, 3.8) is 0 Å². The highest BCUT2D eigenvalue weighted by molar-refractivity contribution is 8.13. The SMILES string of the molecule is CC(C)c1ccc(CN(CCCN(C)C)C2=NCCCS2)cc1. The molecule has 1 aliphatic heterocycles. The lowest BCUT2D eigenvalue weighted by Gasteiger charge is -2.28. The summed E-state index contributed by atoms with van der Waals surface area (Å²) in [7, 11) is 4.28. The van der Waals surface area contributed by atoms with Crippen molar-refractivity contribution in [1.29, 1.82) is 0 Å². The Kier molecular flexibility index (Phi) is 7.44. The molecule has 23 heavy (non-hydrogen) atoms. The lowest BCUT2D eigenvalue weighted by molar-refractivity contribution is 0.346. The van der Waals surface area contributed by atoms with Crippen LogP contribution >= 0.6 is 11.8 Å². The summed E-state index contributed by atoms with van der Waals surface area (Å²) < 4.78 is 0. The van der Waals surface area contributed by atoms with Crippen LogP contribution in [0.2, 0.25) is 0 Å². The molecule has 3 nitrogen and oxygen atoms in total. The van der Waals surface area contributed by atoms with Crippen LogP contribution in [0.4, 0.5) is 0 Å². The number of thioether (sulfide) groups is 1. The van der Waals surface area contributed by atoms with Crippen LogP contribution in [-0.4, -0.2) is 54.4 Å². The Morgan fingerprint density at radius 2 is 1.87 bits per heavy atom. The highest BCUT2D eigenvalue weighted by Crippen LogP contribution is 2.20. The predicted octanol–water partition coefficient (Wildman–Crippen LogP) is 4.06. The molecule has 1 aromatic rings. The van der Waals surface area contributed by atoms with Crippen LogP contribution < -0.4 is 0 Å². The van der Waals surface area contributed by atoms with Gasteiger partial charge in [0.25, 0.3) is 0 Å². The third-order valence-corrected chi connectivity index (χ3v) is 5.24. The molecule has 0 saturated carbocycles. The van der Waals surface area contributed by atoms with E-state index in [0.717, 1.165) is 26.2 Å². The van der Waals surface area contributed by atoms with Gasteiger partial charge in [-0.3, -0.25) is 4.99 Å². The number of nitrogens with zero attached hydrogens (tertiary/aromatic N) is 3. The van der Waals surface area contributed by atoms with Crippen molar-refractivity contribution >= 4 is 16.9 Å². The second-order valence-electron chi connectivity index (χ2n) is 6.84. The van der Waals surface area contributed by atoms with Crippen LogP contribution in [0.25, 0.3) is 0 Å². The van der Waals surface area contributed by atoms with E-state index in [1.165, 1.54) is 34.9 Å². The van der Waals surface area contributed by atoms with Crippen LogP contribution in [0.1, 0.15) is 43.7 Å². The van der Waals surface area contributed by atoms with E-state index in [9.17, 15) is 0 Å². The van der Waals surface area contributed by atoms with Crippen LogP contribution in [0.5, 0.6) is 0 Å². The van der Waals surface area contributed by atoms with E-state index >= 15 is 0 Å². The molecule has 4 heteroatoms. The van der Waals surface area contributed by atoms with Crippen LogP contribution in [0.3, 0.4) is 0 Å². The molecule has 1 heterocycles. The van der Waals surface area contributed by atoms with E-state index in [0.29, 0.717) is 5.92 Å². The predicted molar refractivity (Wildman–Crippen MR) is 103 cm³/mol. The van der Waals surface area contributed by atoms with Gasteiger partial charge in [-0.25, -0.2) is 0 Å². The Hall–Kier alpha value is -1.00. The standard InChI is InChI=1S/C19H31N3S/c1-16(2)18-9-7-17(8-10-18)15-22(13-6-12-21(3)4)19-20-11-5-14-23-19/h7-10,16H,5-6,11-15H2,1-4H3. The molecule has 0 aromatic heterocycles. The molecule has 0 saturated heterocycles. The fourth-order valence-electron chi connectivity index (χ4n) is 2.69. The monoisotopic (exact) mass is 333 g/mol. The normalized spacial score (nSPS) is 15.1. The fourth-order valence-corrected chi connectivity index (χ4v) is 3.67. The van der Waals surface area contributed by atoms with Gasteiger partial charge in [-0.2, -0.15) is 0 Å². The van der Waals surface area contributed by atoms with Gasteiger partial charge in [-0.1, -0.05) is 49.9 Å². The Balaban J connectivity index is 2.02. The maximum atomic E-state index is 4.76. The number of amidine groups is 1. The van der Waals surface area contributed by atoms with Gasteiger partial charge in [0.2, 0.25) is 0 Å². The number of hydrogen-bond donors (Lipinski definition) is 0. The third-order valence-electron chi connectivity index (χ3n) is 4.10. The van der Waals surface area contributed by atoms with Crippen LogP contribution in [-0.2, 0) is 6.54 Å². The van der Waals surface area contributed by atoms with Gasteiger partial charge in [-0.05, 0) is 50.5 Å². The summed E-state index contributed by atoms with van der Waals surface area (Å²) in [6, 6.07) is 9.10. The molecule has 0 aliphatic carbocycles. The van der Waals surface area contributed by atoms with E-state index in [1.54, 1.807) is 0 Å². The van der Waals surface area contributed by atoms with Gasteiger partial charge in [0.1, 0.15) is 0 Å². The summed E-state index contributed by atoms with van der Waals surface area (Å²) >= 11 is 1.92. The number of hydrogen-bond acceptors (Lipinski definition) is 4. The first-order chi connectivity index (χ1) is 11.1. The van der Waals surface area contributed by atoms with Crippen molar-refractivity contribution in [3.8, 4) is 0 Å².